The van der Waals surface area contributed by atoms with E-state index in [4.69, 9.17) is 4.74 Å². The molecule has 2 unspecified atom stereocenters. The zero-order valence-corrected chi connectivity index (χ0v) is 17.1. The van der Waals surface area contributed by atoms with Crippen LogP contribution in [0.3, 0.4) is 0 Å². The Bertz CT molecular complexity index is 1020. The monoisotopic (exact) mass is 392 g/mol. The fraction of sp³-hybridized carbons (Fsp3) is 0.545. The molecule has 7 heteroatoms. The SMILES string of the molecule is COC1CC(N2C3CCC2CN(c2ccnn4cc(-c5cnn(C)c5)cc24)C3)C1. The second-order valence-electron chi connectivity index (χ2n) is 8.90. The molecule has 2 aliphatic heterocycles. The minimum atomic E-state index is 0.476. The van der Waals surface area contributed by atoms with Crippen LogP contribution in [-0.2, 0) is 11.8 Å². The maximum Gasteiger partial charge on any atom is 0.0886 e. The zero-order valence-electron chi connectivity index (χ0n) is 17.1. The molecule has 6 rings (SSSR count). The summed E-state index contributed by atoms with van der Waals surface area (Å²) in [6, 6.07) is 6.49. The molecule has 3 aliphatic rings. The first-order valence-electron chi connectivity index (χ1n) is 10.7. The van der Waals surface area contributed by atoms with Gasteiger partial charge in [-0.2, -0.15) is 10.2 Å². The van der Waals surface area contributed by atoms with Crippen molar-refractivity contribution < 1.29 is 4.74 Å². The molecule has 152 valence electrons. The first-order chi connectivity index (χ1) is 14.2. The lowest BCUT2D eigenvalue weighted by atomic mass is 9.86. The van der Waals surface area contributed by atoms with Gasteiger partial charge >= 0.3 is 0 Å². The molecule has 0 N–H and O–H groups in total. The second-order valence-corrected chi connectivity index (χ2v) is 8.90. The average Bonchev–Trinajstić information content (AvgIpc) is 3.37. The van der Waals surface area contributed by atoms with Crippen molar-refractivity contribution in [3.05, 3.63) is 36.9 Å². The zero-order chi connectivity index (χ0) is 19.5. The van der Waals surface area contributed by atoms with Gasteiger partial charge in [0.2, 0.25) is 0 Å². The molecule has 3 aromatic rings. The van der Waals surface area contributed by atoms with Gasteiger partial charge in [-0.15, -0.1) is 0 Å². The van der Waals surface area contributed by atoms with Crippen LogP contribution in [0.5, 0.6) is 0 Å². The highest BCUT2D eigenvalue weighted by molar-refractivity contribution is 5.79. The Labute approximate surface area is 170 Å². The highest BCUT2D eigenvalue weighted by Crippen LogP contribution is 2.41. The Hall–Kier alpha value is -2.38. The highest BCUT2D eigenvalue weighted by atomic mass is 16.5. The summed E-state index contributed by atoms with van der Waals surface area (Å²) in [7, 11) is 3.80. The normalized spacial score (nSPS) is 29.5. The van der Waals surface area contributed by atoms with Gasteiger partial charge in [-0.1, -0.05) is 0 Å². The maximum atomic E-state index is 5.52. The van der Waals surface area contributed by atoms with E-state index in [2.05, 4.69) is 44.5 Å². The maximum absolute atomic E-state index is 5.52. The number of ether oxygens (including phenoxy) is 1. The molecule has 3 fully saturated rings. The van der Waals surface area contributed by atoms with Crippen LogP contribution in [0.15, 0.2) is 36.9 Å². The molecule has 3 aromatic heterocycles. The summed E-state index contributed by atoms with van der Waals surface area (Å²) in [6.07, 6.45) is 13.5. The highest BCUT2D eigenvalue weighted by Gasteiger charge is 2.47. The number of nitrogens with zero attached hydrogens (tertiary/aromatic N) is 6. The molecule has 0 radical (unpaired) electrons. The summed E-state index contributed by atoms with van der Waals surface area (Å²) in [4.78, 5) is 5.42. The lowest BCUT2D eigenvalue weighted by Gasteiger charge is -2.50. The molecular weight excluding hydrogens is 364 g/mol. The predicted molar refractivity (Wildman–Crippen MR) is 112 cm³/mol. The van der Waals surface area contributed by atoms with Crippen molar-refractivity contribution in [1.82, 2.24) is 24.3 Å². The third-order valence-electron chi connectivity index (χ3n) is 7.23. The predicted octanol–water partition coefficient (Wildman–Crippen LogP) is 2.57. The van der Waals surface area contributed by atoms with E-state index in [0.717, 1.165) is 24.7 Å². The van der Waals surface area contributed by atoms with Crippen LogP contribution in [0.2, 0.25) is 0 Å². The number of fused-ring (bicyclic) bond motifs is 3. The smallest absolute Gasteiger partial charge is 0.0886 e. The number of hydrogen-bond acceptors (Lipinski definition) is 5. The number of anilines is 1. The quantitative estimate of drug-likeness (QED) is 0.683. The summed E-state index contributed by atoms with van der Waals surface area (Å²) in [5, 5.41) is 8.88. The van der Waals surface area contributed by atoms with Gasteiger partial charge in [0, 0.05) is 75.1 Å². The Morgan fingerprint density at radius 2 is 1.79 bits per heavy atom. The van der Waals surface area contributed by atoms with E-state index in [-0.39, 0.29) is 0 Å². The van der Waals surface area contributed by atoms with Crippen molar-refractivity contribution in [3.63, 3.8) is 0 Å². The lowest BCUT2D eigenvalue weighted by Crippen LogP contribution is -2.61. The first-order valence-corrected chi connectivity index (χ1v) is 10.7. The van der Waals surface area contributed by atoms with Gasteiger partial charge in [-0.05, 0) is 37.8 Å². The van der Waals surface area contributed by atoms with Gasteiger partial charge in [-0.3, -0.25) is 9.58 Å². The first kappa shape index (κ1) is 17.5. The Balaban J connectivity index is 1.28. The Morgan fingerprint density at radius 1 is 1.00 bits per heavy atom. The van der Waals surface area contributed by atoms with Gasteiger partial charge in [0.25, 0.3) is 0 Å². The van der Waals surface area contributed by atoms with Crippen molar-refractivity contribution in [2.75, 3.05) is 25.1 Å². The third-order valence-corrected chi connectivity index (χ3v) is 7.23. The average molecular weight is 393 g/mol. The molecule has 7 nitrogen and oxygen atoms in total. The van der Waals surface area contributed by atoms with Crippen molar-refractivity contribution in [2.45, 2.75) is 49.9 Å². The topological polar surface area (TPSA) is 50.8 Å². The summed E-state index contributed by atoms with van der Waals surface area (Å²) in [6.45, 7) is 2.22. The van der Waals surface area contributed by atoms with Crippen LogP contribution in [0.4, 0.5) is 5.69 Å². The number of rotatable bonds is 4. The second kappa shape index (κ2) is 6.57. The van der Waals surface area contributed by atoms with Gasteiger partial charge in [0.1, 0.15) is 0 Å². The number of hydrogen-bond donors (Lipinski definition) is 0. The Kier molecular flexibility index (Phi) is 3.96. The van der Waals surface area contributed by atoms with Gasteiger partial charge in [-0.25, -0.2) is 4.52 Å². The molecule has 2 saturated heterocycles. The number of methoxy groups -OCH3 is 1. The number of aromatic nitrogens is 4. The molecule has 5 heterocycles. The molecule has 29 heavy (non-hydrogen) atoms. The number of piperazine rings is 1. The Morgan fingerprint density at radius 3 is 2.48 bits per heavy atom. The van der Waals surface area contributed by atoms with Crippen molar-refractivity contribution in [3.8, 4) is 11.1 Å². The lowest BCUT2D eigenvalue weighted by molar-refractivity contribution is -0.0466. The van der Waals surface area contributed by atoms with Crippen LogP contribution >= 0.6 is 0 Å². The van der Waals surface area contributed by atoms with E-state index in [1.165, 1.54) is 42.5 Å². The van der Waals surface area contributed by atoms with Gasteiger partial charge in [0.15, 0.2) is 0 Å². The van der Waals surface area contributed by atoms with Gasteiger partial charge in [0.05, 0.1) is 23.5 Å². The summed E-state index contributed by atoms with van der Waals surface area (Å²) < 4.78 is 9.38. The van der Waals surface area contributed by atoms with Crippen LogP contribution in [-0.4, -0.2) is 68.7 Å². The molecule has 0 spiro atoms. The molecule has 0 aromatic carbocycles. The number of aryl methyl sites for hydroxylation is 1. The van der Waals surface area contributed by atoms with E-state index in [9.17, 15) is 0 Å². The van der Waals surface area contributed by atoms with Gasteiger partial charge < -0.3 is 9.64 Å². The molecule has 1 aliphatic carbocycles. The largest absolute Gasteiger partial charge is 0.381 e. The summed E-state index contributed by atoms with van der Waals surface area (Å²) in [5.41, 5.74) is 4.78. The van der Waals surface area contributed by atoms with Crippen LogP contribution < -0.4 is 4.90 Å². The summed E-state index contributed by atoms with van der Waals surface area (Å²) >= 11 is 0. The van der Waals surface area contributed by atoms with Crippen molar-refractivity contribution in [2.24, 2.45) is 7.05 Å². The van der Waals surface area contributed by atoms with Crippen LogP contribution in [0.25, 0.3) is 16.6 Å². The van der Waals surface area contributed by atoms with E-state index < -0.39 is 0 Å². The minimum Gasteiger partial charge on any atom is -0.381 e. The van der Waals surface area contributed by atoms with E-state index in [1.807, 2.05) is 35.7 Å². The van der Waals surface area contributed by atoms with Crippen molar-refractivity contribution in [1.29, 1.82) is 0 Å². The molecule has 2 bridgehead atoms. The van der Waals surface area contributed by atoms with E-state index in [1.54, 1.807) is 0 Å². The van der Waals surface area contributed by atoms with E-state index >= 15 is 0 Å². The molecule has 2 atom stereocenters. The molecular formula is C22H28N6O. The standard InChI is InChI=1S/C22H28N6O/c1-25-11-16(10-24-25)15-7-22-21(5-6-23-27(22)12-15)26-13-17-3-4-18(14-26)28(17)19-8-20(9-19)29-2/h5-7,10-12,17-20H,3-4,8-9,13-14H2,1-2H3. The molecule has 1 saturated carbocycles. The van der Waals surface area contributed by atoms with Crippen LogP contribution in [0, 0.1) is 0 Å². The fourth-order valence-electron chi connectivity index (χ4n) is 5.70. The van der Waals surface area contributed by atoms with Crippen molar-refractivity contribution >= 4 is 11.2 Å². The molecule has 0 amide bonds. The fourth-order valence-corrected chi connectivity index (χ4v) is 5.70. The third kappa shape index (κ3) is 2.79. The van der Waals surface area contributed by atoms with Crippen LogP contribution in [0.1, 0.15) is 25.7 Å². The minimum absolute atomic E-state index is 0.476. The van der Waals surface area contributed by atoms with E-state index in [0.29, 0.717) is 18.2 Å². The summed E-state index contributed by atoms with van der Waals surface area (Å²) in [5.74, 6) is 0.